The molecule has 1 aromatic carbocycles. The Morgan fingerprint density at radius 1 is 1.03 bits per heavy atom. The van der Waals surface area contributed by atoms with E-state index in [9.17, 15) is 4.79 Å². The van der Waals surface area contributed by atoms with Crippen LogP contribution in [-0.2, 0) is 0 Å². The van der Waals surface area contributed by atoms with E-state index in [4.69, 9.17) is 4.98 Å². The van der Waals surface area contributed by atoms with E-state index in [1.807, 2.05) is 55.4 Å². The highest BCUT2D eigenvalue weighted by atomic mass is 16.2. The molecular weight excluding hydrogens is 414 g/mol. The van der Waals surface area contributed by atoms with Gasteiger partial charge in [-0.25, -0.2) is 9.97 Å². The predicted molar refractivity (Wildman–Crippen MR) is 132 cm³/mol. The number of aromatic nitrogens is 3. The van der Waals surface area contributed by atoms with Crippen molar-refractivity contribution in [1.29, 1.82) is 0 Å². The lowest BCUT2D eigenvalue weighted by Crippen LogP contribution is -2.32. The number of amides is 1. The summed E-state index contributed by atoms with van der Waals surface area (Å²) in [6.07, 6.45) is 6.05. The Kier molecular flexibility index (Phi) is 5.58. The van der Waals surface area contributed by atoms with E-state index in [0.29, 0.717) is 35.4 Å². The van der Waals surface area contributed by atoms with Gasteiger partial charge < -0.3 is 20.0 Å². The first-order valence-electron chi connectivity index (χ1n) is 11.5. The number of carbonyl (C=O) groups excluding carboxylic acids is 1. The smallest absolute Gasteiger partial charge is 0.260 e. The average molecular weight is 444 g/mol. The molecule has 0 radical (unpaired) electrons. The first kappa shape index (κ1) is 21.2. The number of anilines is 6. The van der Waals surface area contributed by atoms with E-state index in [1.54, 1.807) is 11.1 Å². The monoisotopic (exact) mass is 443 g/mol. The van der Waals surface area contributed by atoms with Crippen molar-refractivity contribution in [3.63, 3.8) is 0 Å². The number of hydrogen-bond acceptors (Lipinski definition) is 7. The summed E-state index contributed by atoms with van der Waals surface area (Å²) in [7, 11) is 1.92. The van der Waals surface area contributed by atoms with Crippen LogP contribution < -0.4 is 20.0 Å². The summed E-state index contributed by atoms with van der Waals surface area (Å²) in [5.74, 6) is 2.54. The van der Waals surface area contributed by atoms with Gasteiger partial charge in [-0.2, -0.15) is 4.98 Å². The summed E-state index contributed by atoms with van der Waals surface area (Å²) in [4.78, 5) is 33.0. The number of nitrogens with zero attached hydrogens (tertiary/aromatic N) is 6. The molecule has 1 saturated heterocycles. The van der Waals surface area contributed by atoms with E-state index in [-0.39, 0.29) is 5.91 Å². The number of benzene rings is 1. The van der Waals surface area contributed by atoms with Crippen LogP contribution in [-0.4, -0.2) is 47.5 Å². The minimum Gasteiger partial charge on any atom is -0.370 e. The molecule has 33 heavy (non-hydrogen) atoms. The third-order valence-electron chi connectivity index (χ3n) is 6.55. The molecule has 0 spiro atoms. The number of hydrogen-bond donors (Lipinski definition) is 1. The van der Waals surface area contributed by atoms with E-state index in [2.05, 4.69) is 33.2 Å². The first-order valence-corrected chi connectivity index (χ1v) is 11.5. The van der Waals surface area contributed by atoms with E-state index < -0.39 is 0 Å². The summed E-state index contributed by atoms with van der Waals surface area (Å²) in [6.45, 7) is 6.95. The number of fused-ring (bicyclic) bond motifs is 2. The Morgan fingerprint density at radius 3 is 2.55 bits per heavy atom. The van der Waals surface area contributed by atoms with Crippen molar-refractivity contribution in [2.24, 2.45) is 5.92 Å². The fraction of sp³-hybridized carbons (Fsp3) is 0.360. The molecule has 8 nitrogen and oxygen atoms in total. The zero-order chi connectivity index (χ0) is 22.9. The summed E-state index contributed by atoms with van der Waals surface area (Å²) in [6, 6.07) is 11.7. The van der Waals surface area contributed by atoms with Crippen molar-refractivity contribution in [2.75, 3.05) is 46.7 Å². The topological polar surface area (TPSA) is 77.5 Å². The summed E-state index contributed by atoms with van der Waals surface area (Å²) in [5.41, 5.74) is 3.31. The third-order valence-corrected chi connectivity index (χ3v) is 6.55. The van der Waals surface area contributed by atoms with Crippen LogP contribution in [0.1, 0.15) is 37.0 Å². The van der Waals surface area contributed by atoms with Gasteiger partial charge in [-0.05, 0) is 49.9 Å². The van der Waals surface area contributed by atoms with Crippen LogP contribution in [0.5, 0.6) is 0 Å². The van der Waals surface area contributed by atoms with Crippen molar-refractivity contribution in [2.45, 2.75) is 26.7 Å². The third kappa shape index (κ3) is 3.97. The number of nitrogens with one attached hydrogen (secondary N) is 1. The molecule has 1 amide bonds. The maximum Gasteiger partial charge on any atom is 0.260 e. The molecule has 170 valence electrons. The Balaban J connectivity index is 1.41. The Morgan fingerprint density at radius 2 is 1.82 bits per heavy atom. The molecule has 0 aliphatic carbocycles. The van der Waals surface area contributed by atoms with Gasteiger partial charge >= 0.3 is 0 Å². The minimum atomic E-state index is -0.0487. The van der Waals surface area contributed by atoms with Crippen LogP contribution in [0.2, 0.25) is 0 Å². The van der Waals surface area contributed by atoms with E-state index in [1.165, 1.54) is 12.8 Å². The van der Waals surface area contributed by atoms with Crippen molar-refractivity contribution >= 4 is 40.6 Å². The number of rotatable bonds is 4. The van der Waals surface area contributed by atoms with Crippen LogP contribution in [0, 0.1) is 5.92 Å². The van der Waals surface area contributed by atoms with Crippen LogP contribution in [0.15, 0.2) is 48.8 Å². The standard InChI is InChI=1S/C25H29N7O/c1-4-32-21-16-27-25(29-23(21)30(3)20-8-6-5-7-19(20)24(32)33)28-22-10-9-18(15-26-22)31-13-11-17(2)12-14-31/h5-10,15-17H,4,11-14H2,1-3H3,(H,26,27,28,29). The molecule has 3 aromatic rings. The Hall–Kier alpha value is -3.68. The minimum absolute atomic E-state index is 0.0487. The summed E-state index contributed by atoms with van der Waals surface area (Å²) < 4.78 is 0. The average Bonchev–Trinajstić information content (AvgIpc) is 2.93. The van der Waals surface area contributed by atoms with Crippen LogP contribution in [0.3, 0.4) is 0 Å². The van der Waals surface area contributed by atoms with Gasteiger partial charge in [0.05, 0.1) is 29.3 Å². The van der Waals surface area contributed by atoms with Crippen molar-refractivity contribution in [3.05, 3.63) is 54.4 Å². The zero-order valence-electron chi connectivity index (χ0n) is 19.3. The molecule has 1 fully saturated rings. The van der Waals surface area contributed by atoms with Gasteiger partial charge in [0.15, 0.2) is 5.82 Å². The highest BCUT2D eigenvalue weighted by molar-refractivity contribution is 6.13. The SMILES string of the molecule is CCN1C(=O)c2ccccc2N(C)c2nc(Nc3ccc(N4CCC(C)CC4)cn3)ncc21. The van der Waals surface area contributed by atoms with Gasteiger partial charge in [0.2, 0.25) is 5.95 Å². The fourth-order valence-corrected chi connectivity index (χ4v) is 4.52. The first-order chi connectivity index (χ1) is 16.0. The lowest BCUT2D eigenvalue weighted by atomic mass is 9.99. The highest BCUT2D eigenvalue weighted by Crippen LogP contribution is 2.38. The highest BCUT2D eigenvalue weighted by Gasteiger charge is 2.30. The number of para-hydroxylation sites is 1. The van der Waals surface area contributed by atoms with Gasteiger partial charge in [0.1, 0.15) is 11.5 Å². The van der Waals surface area contributed by atoms with Crippen molar-refractivity contribution in [1.82, 2.24) is 15.0 Å². The summed E-state index contributed by atoms with van der Waals surface area (Å²) in [5, 5.41) is 3.22. The Labute approximate surface area is 194 Å². The van der Waals surface area contributed by atoms with Crippen molar-refractivity contribution < 1.29 is 4.79 Å². The largest absolute Gasteiger partial charge is 0.370 e. The molecular formula is C25H29N7O. The van der Waals surface area contributed by atoms with Gasteiger partial charge in [0.25, 0.3) is 5.91 Å². The van der Waals surface area contributed by atoms with Crippen molar-refractivity contribution in [3.8, 4) is 0 Å². The molecule has 1 N–H and O–H groups in total. The second-order valence-electron chi connectivity index (χ2n) is 8.72. The van der Waals surface area contributed by atoms with Gasteiger partial charge in [-0.15, -0.1) is 0 Å². The molecule has 0 bridgehead atoms. The van der Waals surface area contributed by atoms with E-state index >= 15 is 0 Å². The van der Waals surface area contributed by atoms with Crippen LogP contribution in [0.4, 0.5) is 34.6 Å². The van der Waals surface area contributed by atoms with Crippen LogP contribution in [0.25, 0.3) is 0 Å². The number of piperidine rings is 1. The molecule has 0 saturated carbocycles. The molecule has 0 atom stereocenters. The quantitative estimate of drug-likeness (QED) is 0.631. The second-order valence-corrected chi connectivity index (χ2v) is 8.72. The maximum absolute atomic E-state index is 13.1. The molecule has 4 heterocycles. The predicted octanol–water partition coefficient (Wildman–Crippen LogP) is 4.60. The molecule has 2 aromatic heterocycles. The maximum atomic E-state index is 13.1. The normalized spacial score (nSPS) is 16.3. The lowest BCUT2D eigenvalue weighted by Gasteiger charge is -2.31. The van der Waals surface area contributed by atoms with Gasteiger partial charge in [0, 0.05) is 26.7 Å². The number of pyridine rings is 1. The van der Waals surface area contributed by atoms with Gasteiger partial charge in [-0.1, -0.05) is 19.1 Å². The molecule has 2 aliphatic heterocycles. The zero-order valence-corrected chi connectivity index (χ0v) is 19.3. The lowest BCUT2D eigenvalue weighted by molar-refractivity contribution is 0.0989. The fourth-order valence-electron chi connectivity index (χ4n) is 4.52. The molecule has 2 aliphatic rings. The number of carbonyl (C=O) groups is 1. The Bertz CT molecular complexity index is 1160. The van der Waals surface area contributed by atoms with Crippen LogP contribution >= 0.6 is 0 Å². The second kappa shape index (κ2) is 8.69. The molecule has 8 heteroatoms. The summed E-state index contributed by atoms with van der Waals surface area (Å²) >= 11 is 0. The molecule has 0 unspecified atom stereocenters. The molecule has 5 rings (SSSR count). The van der Waals surface area contributed by atoms with E-state index in [0.717, 1.165) is 30.4 Å². The van der Waals surface area contributed by atoms with Gasteiger partial charge in [-0.3, -0.25) is 4.79 Å².